The number of piperidine rings is 1. The summed E-state index contributed by atoms with van der Waals surface area (Å²) in [6.45, 7) is 4.56. The van der Waals surface area contributed by atoms with Crippen LogP contribution in [0.5, 0.6) is 0 Å². The van der Waals surface area contributed by atoms with Crippen LogP contribution in [0.25, 0.3) is 11.0 Å². The van der Waals surface area contributed by atoms with Crippen LogP contribution >= 0.6 is 0 Å². The molecular formula is C23H33N5O4S. The summed E-state index contributed by atoms with van der Waals surface area (Å²) in [5.74, 6) is 1.05. The van der Waals surface area contributed by atoms with E-state index in [0.717, 1.165) is 31.1 Å². The molecule has 3 aliphatic rings. The Hall–Kier alpha value is -2.04. The average molecular weight is 476 g/mol. The van der Waals surface area contributed by atoms with E-state index in [1.807, 2.05) is 0 Å². The van der Waals surface area contributed by atoms with Gasteiger partial charge in [-0.15, -0.1) is 0 Å². The van der Waals surface area contributed by atoms with E-state index < -0.39 is 15.6 Å². The van der Waals surface area contributed by atoms with Gasteiger partial charge in [-0.05, 0) is 70.8 Å². The lowest BCUT2D eigenvalue weighted by molar-refractivity contribution is 0.0266. The van der Waals surface area contributed by atoms with Gasteiger partial charge in [-0.3, -0.25) is 9.36 Å². The minimum Gasteiger partial charge on any atom is -0.388 e. The predicted molar refractivity (Wildman–Crippen MR) is 127 cm³/mol. The summed E-state index contributed by atoms with van der Waals surface area (Å²) in [6, 6.07) is 1.54. The van der Waals surface area contributed by atoms with Crippen molar-refractivity contribution in [1.82, 2.24) is 18.8 Å². The lowest BCUT2D eigenvalue weighted by Crippen LogP contribution is -2.43. The summed E-state index contributed by atoms with van der Waals surface area (Å²) in [7, 11) is -3.17. The van der Waals surface area contributed by atoms with Crippen molar-refractivity contribution in [3.05, 3.63) is 28.2 Å². The largest absolute Gasteiger partial charge is 0.388 e. The van der Waals surface area contributed by atoms with Crippen LogP contribution < -0.4 is 10.9 Å². The number of pyridine rings is 1. The summed E-state index contributed by atoms with van der Waals surface area (Å²) in [5.41, 5.74) is 0.0459. The second-order valence-corrected chi connectivity index (χ2v) is 12.3. The van der Waals surface area contributed by atoms with Crippen molar-refractivity contribution in [2.45, 2.75) is 76.5 Å². The second kappa shape index (κ2) is 8.32. The van der Waals surface area contributed by atoms with E-state index in [0.29, 0.717) is 55.4 Å². The summed E-state index contributed by atoms with van der Waals surface area (Å²) in [4.78, 5) is 22.2. The Morgan fingerprint density at radius 3 is 2.58 bits per heavy atom. The normalized spacial score (nSPS) is 27.3. The Balaban J connectivity index is 1.36. The molecule has 2 aromatic rings. The van der Waals surface area contributed by atoms with Crippen molar-refractivity contribution in [1.29, 1.82) is 0 Å². The number of anilines is 1. The summed E-state index contributed by atoms with van der Waals surface area (Å²) in [5, 5.41) is 15.0. The number of hydrogen-bond donors (Lipinski definition) is 2. The van der Waals surface area contributed by atoms with Crippen LogP contribution in [0.1, 0.15) is 63.5 Å². The number of nitrogens with zero attached hydrogens (tertiary/aromatic N) is 4. The lowest BCUT2D eigenvalue weighted by atomic mass is 9.99. The minimum absolute atomic E-state index is 0.0648. The quantitative estimate of drug-likeness (QED) is 0.658. The number of sulfonamides is 1. The van der Waals surface area contributed by atoms with Crippen LogP contribution in [0.4, 0.5) is 5.95 Å². The molecule has 5 rings (SSSR count). The van der Waals surface area contributed by atoms with Gasteiger partial charge in [0, 0.05) is 36.3 Å². The third-order valence-corrected chi connectivity index (χ3v) is 9.51. The molecule has 0 radical (unpaired) electrons. The molecule has 0 unspecified atom stereocenters. The van der Waals surface area contributed by atoms with Crippen molar-refractivity contribution in [3.8, 4) is 0 Å². The van der Waals surface area contributed by atoms with Gasteiger partial charge in [-0.1, -0.05) is 0 Å². The molecule has 33 heavy (non-hydrogen) atoms. The van der Waals surface area contributed by atoms with Gasteiger partial charge in [0.15, 0.2) is 0 Å². The van der Waals surface area contributed by atoms with E-state index in [-0.39, 0.29) is 23.4 Å². The van der Waals surface area contributed by atoms with Crippen LogP contribution in [0, 0.1) is 12.8 Å². The van der Waals surface area contributed by atoms with Gasteiger partial charge in [0.05, 0.1) is 17.4 Å². The fourth-order valence-corrected chi connectivity index (χ4v) is 7.21. The van der Waals surface area contributed by atoms with Gasteiger partial charge in [0.25, 0.3) is 5.56 Å². The maximum absolute atomic E-state index is 13.1. The third kappa shape index (κ3) is 4.52. The first kappa shape index (κ1) is 22.7. The number of aliphatic hydroxyl groups is 1. The van der Waals surface area contributed by atoms with Gasteiger partial charge in [0.1, 0.15) is 5.65 Å². The molecule has 2 aliphatic carbocycles. The molecule has 2 saturated carbocycles. The monoisotopic (exact) mass is 475 g/mol. The molecule has 0 amide bonds. The number of hydrogen-bond acceptors (Lipinski definition) is 7. The van der Waals surface area contributed by atoms with Gasteiger partial charge < -0.3 is 10.4 Å². The number of nitrogens with one attached hydrogen (secondary N) is 1. The number of aryl methyl sites for hydroxylation is 1. The molecule has 3 heterocycles. The first-order valence-electron chi connectivity index (χ1n) is 12.0. The molecule has 2 aromatic heterocycles. The van der Waals surface area contributed by atoms with Gasteiger partial charge in [0.2, 0.25) is 16.0 Å². The molecule has 0 aromatic carbocycles. The summed E-state index contributed by atoms with van der Waals surface area (Å²) >= 11 is 0. The average Bonchev–Trinajstić information content (AvgIpc) is 3.50. The molecular weight excluding hydrogens is 442 g/mol. The maximum Gasteiger partial charge on any atom is 0.255 e. The Morgan fingerprint density at radius 1 is 1.21 bits per heavy atom. The molecule has 0 spiro atoms. The lowest BCUT2D eigenvalue weighted by Gasteiger charge is -2.32. The SMILES string of the molecule is Cc1cc2cnc(NC3CCN(S(=O)(=O)CC4CC4)CC3)nc2n([C@@H]2CCC[C@@]2(C)O)c1=O. The van der Waals surface area contributed by atoms with E-state index in [1.165, 1.54) is 0 Å². The van der Waals surface area contributed by atoms with E-state index in [1.54, 1.807) is 35.0 Å². The highest BCUT2D eigenvalue weighted by molar-refractivity contribution is 7.89. The van der Waals surface area contributed by atoms with Gasteiger partial charge >= 0.3 is 0 Å². The molecule has 3 fully saturated rings. The molecule has 0 bridgehead atoms. The van der Waals surface area contributed by atoms with Crippen molar-refractivity contribution >= 4 is 27.0 Å². The van der Waals surface area contributed by atoms with E-state index in [2.05, 4.69) is 10.3 Å². The Bertz CT molecular complexity index is 1210. The first-order chi connectivity index (χ1) is 15.6. The zero-order chi connectivity index (χ0) is 23.4. The molecule has 180 valence electrons. The van der Waals surface area contributed by atoms with Crippen molar-refractivity contribution in [3.63, 3.8) is 0 Å². The second-order valence-electron chi connectivity index (χ2n) is 10.3. The van der Waals surface area contributed by atoms with Crippen molar-refractivity contribution < 1.29 is 13.5 Å². The fourth-order valence-electron chi connectivity index (χ4n) is 5.30. The molecule has 1 saturated heterocycles. The van der Waals surface area contributed by atoms with E-state index >= 15 is 0 Å². The van der Waals surface area contributed by atoms with E-state index in [4.69, 9.17) is 4.98 Å². The fraction of sp³-hybridized carbons (Fsp3) is 0.696. The zero-order valence-corrected chi connectivity index (χ0v) is 20.1. The number of aromatic nitrogens is 3. The zero-order valence-electron chi connectivity index (χ0n) is 19.3. The molecule has 2 atom stereocenters. The standard InChI is InChI=1S/C23H33N5O4S/c1-15-12-17-13-24-22(26-20(17)28(21(15)29)19-4-3-9-23(19,2)30)25-18-7-10-27(11-8-18)33(31,32)14-16-5-6-16/h12-13,16,18-19,30H,3-11,14H2,1-2H3,(H,24,25,26)/t19-,23-/m1/s1. The smallest absolute Gasteiger partial charge is 0.255 e. The third-order valence-electron chi connectivity index (χ3n) is 7.47. The summed E-state index contributed by atoms with van der Waals surface area (Å²) < 4.78 is 28.4. The van der Waals surface area contributed by atoms with Gasteiger partial charge in [-0.25, -0.2) is 17.7 Å². The van der Waals surface area contributed by atoms with Crippen LogP contribution in [-0.4, -0.2) is 62.8 Å². The predicted octanol–water partition coefficient (Wildman–Crippen LogP) is 2.19. The highest BCUT2D eigenvalue weighted by Crippen LogP contribution is 2.39. The van der Waals surface area contributed by atoms with Crippen molar-refractivity contribution in [2.24, 2.45) is 5.92 Å². The van der Waals surface area contributed by atoms with E-state index in [9.17, 15) is 18.3 Å². The summed E-state index contributed by atoms with van der Waals surface area (Å²) in [6.07, 6.45) is 7.37. The number of fused-ring (bicyclic) bond motifs is 1. The van der Waals surface area contributed by atoms with Crippen LogP contribution in [-0.2, 0) is 10.0 Å². The van der Waals surface area contributed by atoms with Gasteiger partial charge in [-0.2, -0.15) is 4.98 Å². The van der Waals surface area contributed by atoms with Crippen molar-refractivity contribution in [2.75, 3.05) is 24.2 Å². The molecule has 10 heteroatoms. The van der Waals surface area contributed by atoms with Crippen LogP contribution in [0.15, 0.2) is 17.1 Å². The first-order valence-corrected chi connectivity index (χ1v) is 13.6. The Morgan fingerprint density at radius 2 is 1.94 bits per heavy atom. The minimum atomic E-state index is -3.17. The maximum atomic E-state index is 13.1. The highest BCUT2D eigenvalue weighted by atomic mass is 32.2. The Kier molecular flexibility index (Phi) is 5.73. The number of rotatable bonds is 6. The molecule has 2 N–H and O–H groups in total. The molecule has 9 nitrogen and oxygen atoms in total. The van der Waals surface area contributed by atoms with Crippen LogP contribution in [0.2, 0.25) is 0 Å². The van der Waals surface area contributed by atoms with Crippen LogP contribution in [0.3, 0.4) is 0 Å². The Labute approximate surface area is 194 Å². The highest BCUT2D eigenvalue weighted by Gasteiger charge is 2.40. The topological polar surface area (TPSA) is 117 Å². The molecule has 1 aliphatic heterocycles.